The number of ketones is 1. The van der Waals surface area contributed by atoms with E-state index in [2.05, 4.69) is 15.9 Å². The van der Waals surface area contributed by atoms with E-state index in [4.69, 9.17) is 0 Å². The van der Waals surface area contributed by atoms with Gasteiger partial charge >= 0.3 is 0 Å². The summed E-state index contributed by atoms with van der Waals surface area (Å²) in [6, 6.07) is 11.2. The Bertz CT molecular complexity index is 643. The van der Waals surface area contributed by atoms with Gasteiger partial charge in [0.2, 0.25) is 0 Å². The van der Waals surface area contributed by atoms with E-state index in [1.165, 1.54) is 6.07 Å². The molecule has 2 aromatic rings. The van der Waals surface area contributed by atoms with Crippen LogP contribution in [0.2, 0.25) is 0 Å². The molecular formula is C16H15BrFNO2. The second-order valence-electron chi connectivity index (χ2n) is 4.88. The second-order valence-corrected chi connectivity index (χ2v) is 5.80. The molecule has 0 aromatic heterocycles. The first-order valence-corrected chi connectivity index (χ1v) is 7.19. The highest BCUT2D eigenvalue weighted by Gasteiger charge is 2.14. The summed E-state index contributed by atoms with van der Waals surface area (Å²) in [6.45, 7) is 0.697. The molecule has 5 heteroatoms. The summed E-state index contributed by atoms with van der Waals surface area (Å²) < 4.78 is 14.1. The van der Waals surface area contributed by atoms with E-state index in [0.717, 1.165) is 22.2 Å². The molecule has 0 aliphatic heterocycles. The van der Waals surface area contributed by atoms with Crippen LogP contribution in [0.25, 0.3) is 0 Å². The lowest BCUT2D eigenvalue weighted by atomic mass is 10.1. The minimum absolute atomic E-state index is 0.0117. The number of aromatic hydroxyl groups is 1. The van der Waals surface area contributed by atoms with Crippen LogP contribution in [0.4, 0.5) is 4.39 Å². The third kappa shape index (κ3) is 4.37. The molecule has 3 nitrogen and oxygen atoms in total. The molecule has 0 aliphatic rings. The summed E-state index contributed by atoms with van der Waals surface area (Å²) >= 11 is 3.37. The van der Waals surface area contributed by atoms with Gasteiger partial charge in [0, 0.05) is 11.0 Å². The average Bonchev–Trinajstić information content (AvgIpc) is 2.44. The van der Waals surface area contributed by atoms with Gasteiger partial charge in [-0.25, -0.2) is 4.39 Å². The largest absolute Gasteiger partial charge is 0.507 e. The van der Waals surface area contributed by atoms with Gasteiger partial charge < -0.3 is 5.11 Å². The van der Waals surface area contributed by atoms with E-state index in [9.17, 15) is 14.3 Å². The number of hydrogen-bond acceptors (Lipinski definition) is 3. The number of likely N-dealkylation sites (N-methyl/N-ethyl adjacent to an activating group) is 1. The Morgan fingerprint density at radius 3 is 2.57 bits per heavy atom. The van der Waals surface area contributed by atoms with Crippen LogP contribution in [0.1, 0.15) is 15.9 Å². The highest BCUT2D eigenvalue weighted by atomic mass is 79.9. The van der Waals surface area contributed by atoms with Crippen molar-refractivity contribution in [2.75, 3.05) is 13.6 Å². The predicted octanol–water partition coefficient (Wildman–Crippen LogP) is 3.61. The van der Waals surface area contributed by atoms with E-state index in [1.54, 1.807) is 7.05 Å². The van der Waals surface area contributed by atoms with Gasteiger partial charge in [0.25, 0.3) is 0 Å². The normalized spacial score (nSPS) is 10.9. The molecule has 2 rings (SSSR count). The number of Topliss-reactive ketones (excluding diaryl/α,β-unsaturated/α-hetero) is 1. The summed E-state index contributed by atoms with van der Waals surface area (Å²) in [6.07, 6.45) is 0. The van der Waals surface area contributed by atoms with Gasteiger partial charge in [-0.1, -0.05) is 28.1 Å². The molecule has 0 spiro atoms. The third-order valence-electron chi connectivity index (χ3n) is 3.04. The maximum Gasteiger partial charge on any atom is 0.180 e. The number of carbonyl (C=O) groups is 1. The summed E-state index contributed by atoms with van der Waals surface area (Å²) in [5, 5.41) is 9.63. The molecule has 0 aliphatic carbocycles. The standard InChI is InChI=1S/C16H15BrFNO2/c1-19(9-11-2-4-12(17)5-3-11)10-16(21)14-8-13(18)6-7-15(14)20/h2-8,20H,9-10H2,1H3. The van der Waals surface area contributed by atoms with Gasteiger partial charge in [-0.2, -0.15) is 0 Å². The number of rotatable bonds is 5. The first-order valence-electron chi connectivity index (χ1n) is 6.40. The fourth-order valence-corrected chi connectivity index (χ4v) is 2.28. The van der Waals surface area contributed by atoms with Gasteiger partial charge in [-0.15, -0.1) is 0 Å². The van der Waals surface area contributed by atoms with Crippen molar-refractivity contribution in [3.05, 3.63) is 63.9 Å². The average molecular weight is 352 g/mol. The van der Waals surface area contributed by atoms with Crippen LogP contribution < -0.4 is 0 Å². The van der Waals surface area contributed by atoms with Crippen molar-refractivity contribution in [3.63, 3.8) is 0 Å². The first kappa shape index (κ1) is 15.7. The van der Waals surface area contributed by atoms with E-state index >= 15 is 0 Å². The van der Waals surface area contributed by atoms with Crippen molar-refractivity contribution in [3.8, 4) is 5.75 Å². The first-order chi connectivity index (χ1) is 9.95. The number of phenols is 1. The fourth-order valence-electron chi connectivity index (χ4n) is 2.02. The summed E-state index contributed by atoms with van der Waals surface area (Å²) in [7, 11) is 1.80. The molecule has 21 heavy (non-hydrogen) atoms. The zero-order valence-corrected chi connectivity index (χ0v) is 13.1. The molecule has 0 saturated carbocycles. The van der Waals surface area contributed by atoms with E-state index in [-0.39, 0.29) is 23.6 Å². The summed E-state index contributed by atoms with van der Waals surface area (Å²) in [5.74, 6) is -1.04. The highest BCUT2D eigenvalue weighted by Crippen LogP contribution is 2.19. The van der Waals surface area contributed by atoms with E-state index < -0.39 is 5.82 Å². The molecule has 0 fully saturated rings. The lowest BCUT2D eigenvalue weighted by Gasteiger charge is -2.16. The number of phenolic OH excluding ortho intramolecular Hbond substituents is 1. The molecule has 0 atom stereocenters. The minimum atomic E-state index is -0.535. The van der Waals surface area contributed by atoms with E-state index in [0.29, 0.717) is 6.54 Å². The monoisotopic (exact) mass is 351 g/mol. The number of carbonyl (C=O) groups excluding carboxylic acids is 1. The minimum Gasteiger partial charge on any atom is -0.507 e. The molecule has 2 aromatic carbocycles. The maximum atomic E-state index is 13.1. The maximum absolute atomic E-state index is 13.1. The molecule has 1 N–H and O–H groups in total. The molecule has 0 amide bonds. The smallest absolute Gasteiger partial charge is 0.180 e. The Labute approximate surface area is 131 Å². The number of benzene rings is 2. The van der Waals surface area contributed by atoms with Gasteiger partial charge in [-0.3, -0.25) is 9.69 Å². The molecule has 0 saturated heterocycles. The molecule has 0 heterocycles. The Morgan fingerprint density at radius 2 is 1.90 bits per heavy atom. The number of nitrogens with zero attached hydrogens (tertiary/aromatic N) is 1. The Hall–Kier alpha value is -1.72. The van der Waals surface area contributed by atoms with Crippen LogP contribution in [0.5, 0.6) is 5.75 Å². The van der Waals surface area contributed by atoms with Gasteiger partial charge in [0.05, 0.1) is 12.1 Å². The van der Waals surface area contributed by atoms with Crippen molar-refractivity contribution >= 4 is 21.7 Å². The summed E-state index contributed by atoms with van der Waals surface area (Å²) in [5.41, 5.74) is 1.08. The van der Waals surface area contributed by atoms with Gasteiger partial charge in [-0.05, 0) is 42.9 Å². The van der Waals surface area contributed by atoms with Crippen LogP contribution in [0.3, 0.4) is 0 Å². The SMILES string of the molecule is CN(CC(=O)c1cc(F)ccc1O)Cc1ccc(Br)cc1. The van der Waals surface area contributed by atoms with Crippen LogP contribution in [-0.4, -0.2) is 29.4 Å². The van der Waals surface area contributed by atoms with Crippen LogP contribution in [0.15, 0.2) is 46.9 Å². The van der Waals surface area contributed by atoms with Crippen LogP contribution in [-0.2, 0) is 6.54 Å². The van der Waals surface area contributed by atoms with E-state index in [1.807, 2.05) is 29.2 Å². The van der Waals surface area contributed by atoms with Crippen molar-refractivity contribution in [1.82, 2.24) is 4.90 Å². The van der Waals surface area contributed by atoms with Crippen molar-refractivity contribution in [2.45, 2.75) is 6.54 Å². The number of hydrogen-bond donors (Lipinski definition) is 1. The van der Waals surface area contributed by atoms with Crippen molar-refractivity contribution in [1.29, 1.82) is 0 Å². The molecule has 110 valence electrons. The Balaban J connectivity index is 2.01. The molecule has 0 unspecified atom stereocenters. The molecule has 0 bridgehead atoms. The topological polar surface area (TPSA) is 40.5 Å². The number of halogens is 2. The summed E-state index contributed by atoms with van der Waals surface area (Å²) in [4.78, 5) is 13.9. The van der Waals surface area contributed by atoms with Gasteiger partial charge in [0.1, 0.15) is 11.6 Å². The van der Waals surface area contributed by atoms with Gasteiger partial charge in [0.15, 0.2) is 5.78 Å². The molecule has 0 radical (unpaired) electrons. The predicted molar refractivity (Wildman–Crippen MR) is 82.9 cm³/mol. The Morgan fingerprint density at radius 1 is 1.24 bits per heavy atom. The third-order valence-corrected chi connectivity index (χ3v) is 3.57. The lowest BCUT2D eigenvalue weighted by Crippen LogP contribution is -2.25. The van der Waals surface area contributed by atoms with Crippen LogP contribution >= 0.6 is 15.9 Å². The van der Waals surface area contributed by atoms with Crippen molar-refractivity contribution in [2.24, 2.45) is 0 Å². The molecular weight excluding hydrogens is 337 g/mol. The zero-order chi connectivity index (χ0) is 15.4. The quantitative estimate of drug-likeness (QED) is 0.836. The lowest BCUT2D eigenvalue weighted by molar-refractivity contribution is 0.0940. The highest BCUT2D eigenvalue weighted by molar-refractivity contribution is 9.10. The van der Waals surface area contributed by atoms with Crippen molar-refractivity contribution < 1.29 is 14.3 Å². The Kier molecular flexibility index (Phi) is 5.09. The fraction of sp³-hybridized carbons (Fsp3) is 0.188. The second kappa shape index (κ2) is 6.83. The zero-order valence-electron chi connectivity index (χ0n) is 11.5. The van der Waals surface area contributed by atoms with Crippen LogP contribution in [0, 0.1) is 5.82 Å².